The lowest BCUT2D eigenvalue weighted by Gasteiger charge is -2.29. The van der Waals surface area contributed by atoms with E-state index in [1.807, 2.05) is 18.3 Å². The number of nitrogens with zero attached hydrogens (tertiary/aromatic N) is 2. The molecule has 0 radical (unpaired) electrons. The SMILES string of the molecule is O=[N+]([O-])c1cc2c(c(C[NH+]3CCN(c4cccc[nH+]4)CC3)c1)OCOC2. The van der Waals surface area contributed by atoms with E-state index < -0.39 is 0 Å². The van der Waals surface area contributed by atoms with Crippen LogP contribution < -0.4 is 19.5 Å². The van der Waals surface area contributed by atoms with Gasteiger partial charge in [-0.1, -0.05) is 6.07 Å². The molecule has 8 nitrogen and oxygen atoms in total. The van der Waals surface area contributed by atoms with Gasteiger partial charge in [-0.3, -0.25) is 15.0 Å². The van der Waals surface area contributed by atoms with E-state index in [4.69, 9.17) is 9.47 Å². The maximum atomic E-state index is 11.2. The summed E-state index contributed by atoms with van der Waals surface area (Å²) in [5, 5.41) is 11.2. The first-order chi connectivity index (χ1) is 12.7. The molecule has 0 bridgehead atoms. The van der Waals surface area contributed by atoms with Crippen molar-refractivity contribution in [2.45, 2.75) is 13.2 Å². The highest BCUT2D eigenvalue weighted by atomic mass is 16.7. The predicted molar refractivity (Wildman–Crippen MR) is 93.0 cm³/mol. The van der Waals surface area contributed by atoms with Gasteiger partial charge in [-0.25, -0.2) is 4.98 Å². The van der Waals surface area contributed by atoms with Gasteiger partial charge in [0.2, 0.25) is 0 Å². The molecule has 8 heteroatoms. The number of piperazine rings is 1. The maximum absolute atomic E-state index is 11.2. The molecule has 3 heterocycles. The van der Waals surface area contributed by atoms with Gasteiger partial charge < -0.3 is 14.4 Å². The smallest absolute Gasteiger partial charge is 0.274 e. The molecule has 0 amide bonds. The molecule has 0 saturated carbocycles. The van der Waals surface area contributed by atoms with Crippen molar-refractivity contribution < 1.29 is 24.3 Å². The lowest BCUT2D eigenvalue weighted by molar-refractivity contribution is -0.914. The maximum Gasteiger partial charge on any atom is 0.274 e. The standard InChI is InChI=1S/C18H20N4O4/c23-22(24)16-9-14(18-15(10-16)12-25-13-26-18)11-20-5-7-21(8-6-20)17-3-1-2-4-19-17/h1-4,9-10H,5-8,11-13H2/p+2. The Morgan fingerprint density at radius 1 is 1.27 bits per heavy atom. The third-order valence-corrected chi connectivity index (χ3v) is 4.93. The van der Waals surface area contributed by atoms with E-state index in [0.717, 1.165) is 55.4 Å². The number of benzene rings is 1. The number of fused-ring (bicyclic) bond motifs is 1. The number of anilines is 1. The van der Waals surface area contributed by atoms with E-state index in [2.05, 4.69) is 16.0 Å². The van der Waals surface area contributed by atoms with Crippen LogP contribution in [0.15, 0.2) is 36.5 Å². The fourth-order valence-electron chi connectivity index (χ4n) is 3.61. The van der Waals surface area contributed by atoms with Crippen LogP contribution in [-0.4, -0.2) is 37.9 Å². The molecule has 0 unspecified atom stereocenters. The molecule has 136 valence electrons. The highest BCUT2D eigenvalue weighted by Crippen LogP contribution is 2.32. The quantitative estimate of drug-likeness (QED) is 0.623. The van der Waals surface area contributed by atoms with Crippen molar-refractivity contribution in [3.63, 3.8) is 0 Å². The van der Waals surface area contributed by atoms with Crippen molar-refractivity contribution in [2.24, 2.45) is 0 Å². The first-order valence-corrected chi connectivity index (χ1v) is 8.76. The molecule has 1 saturated heterocycles. The van der Waals surface area contributed by atoms with E-state index in [1.165, 1.54) is 4.90 Å². The number of H-pyrrole nitrogens is 1. The number of hydrogen-bond donors (Lipinski definition) is 1. The fourth-order valence-corrected chi connectivity index (χ4v) is 3.61. The van der Waals surface area contributed by atoms with Crippen LogP contribution in [0.25, 0.3) is 0 Å². The van der Waals surface area contributed by atoms with Crippen LogP contribution in [0.3, 0.4) is 0 Å². The summed E-state index contributed by atoms with van der Waals surface area (Å²) in [5.41, 5.74) is 1.76. The van der Waals surface area contributed by atoms with Crippen molar-refractivity contribution in [3.05, 3.63) is 57.8 Å². The Labute approximate surface area is 151 Å². The molecule has 4 rings (SSSR count). The van der Waals surface area contributed by atoms with Crippen molar-refractivity contribution in [2.75, 3.05) is 37.9 Å². The third-order valence-electron chi connectivity index (χ3n) is 4.93. The minimum Gasteiger partial charge on any atom is -0.467 e. The molecule has 1 aromatic heterocycles. The number of nitrogens with one attached hydrogen (secondary N) is 2. The summed E-state index contributed by atoms with van der Waals surface area (Å²) in [7, 11) is 0. The number of rotatable bonds is 4. The van der Waals surface area contributed by atoms with E-state index in [0.29, 0.717) is 6.61 Å². The molecular formula is C18H22N4O4+2. The molecule has 26 heavy (non-hydrogen) atoms. The van der Waals surface area contributed by atoms with Gasteiger partial charge in [-0.15, -0.1) is 0 Å². The Hall–Kier alpha value is -2.71. The summed E-state index contributed by atoms with van der Waals surface area (Å²) in [6.07, 6.45) is 1.93. The summed E-state index contributed by atoms with van der Waals surface area (Å²) in [6, 6.07) is 9.28. The Bertz CT molecular complexity index is 791. The minimum absolute atomic E-state index is 0.102. The number of aromatic nitrogens is 1. The van der Waals surface area contributed by atoms with Crippen molar-refractivity contribution in [1.82, 2.24) is 0 Å². The topological polar surface area (TPSA) is 83.4 Å². The van der Waals surface area contributed by atoms with Gasteiger partial charge >= 0.3 is 0 Å². The van der Waals surface area contributed by atoms with Crippen LogP contribution in [0.1, 0.15) is 11.1 Å². The number of hydrogen-bond acceptors (Lipinski definition) is 5. The largest absolute Gasteiger partial charge is 0.467 e. The lowest BCUT2D eigenvalue weighted by Crippen LogP contribution is -3.13. The number of pyridine rings is 1. The van der Waals surface area contributed by atoms with Crippen LogP contribution in [0, 0.1) is 10.1 Å². The number of nitro groups is 1. The zero-order valence-corrected chi connectivity index (χ0v) is 14.4. The highest BCUT2D eigenvalue weighted by molar-refractivity contribution is 5.50. The van der Waals surface area contributed by atoms with E-state index in [9.17, 15) is 10.1 Å². The van der Waals surface area contributed by atoms with Gasteiger partial charge in [0.05, 0.1) is 23.3 Å². The first kappa shape index (κ1) is 16.7. The monoisotopic (exact) mass is 358 g/mol. The van der Waals surface area contributed by atoms with Crippen LogP contribution in [0.2, 0.25) is 0 Å². The van der Waals surface area contributed by atoms with E-state index >= 15 is 0 Å². The molecule has 1 fully saturated rings. The van der Waals surface area contributed by atoms with Crippen LogP contribution in [0.4, 0.5) is 11.5 Å². The first-order valence-electron chi connectivity index (χ1n) is 8.76. The molecule has 0 spiro atoms. The van der Waals surface area contributed by atoms with E-state index in [1.54, 1.807) is 12.1 Å². The normalized spacial score (nSPS) is 17.5. The highest BCUT2D eigenvalue weighted by Gasteiger charge is 2.28. The second-order valence-electron chi connectivity index (χ2n) is 6.62. The predicted octanol–water partition coefficient (Wildman–Crippen LogP) is 0.181. The lowest BCUT2D eigenvalue weighted by atomic mass is 10.1. The molecule has 1 aromatic carbocycles. The van der Waals surface area contributed by atoms with Crippen molar-refractivity contribution >= 4 is 11.5 Å². The van der Waals surface area contributed by atoms with Gasteiger partial charge in [-0.2, -0.15) is 0 Å². The molecule has 0 atom stereocenters. The van der Waals surface area contributed by atoms with Gasteiger partial charge in [0.15, 0.2) is 6.79 Å². The number of nitro benzene ring substituents is 1. The van der Waals surface area contributed by atoms with Crippen LogP contribution in [0.5, 0.6) is 5.75 Å². The molecule has 2 aromatic rings. The summed E-state index contributed by atoms with van der Waals surface area (Å²) >= 11 is 0. The third kappa shape index (κ3) is 3.47. The average molecular weight is 358 g/mol. The Morgan fingerprint density at radius 2 is 2.12 bits per heavy atom. The Morgan fingerprint density at radius 3 is 2.85 bits per heavy atom. The van der Waals surface area contributed by atoms with Crippen molar-refractivity contribution in [3.8, 4) is 5.75 Å². The van der Waals surface area contributed by atoms with Crippen molar-refractivity contribution in [1.29, 1.82) is 0 Å². The molecule has 0 aliphatic carbocycles. The molecule has 2 aliphatic rings. The number of aromatic amines is 1. The molecule has 2 N–H and O–H groups in total. The fraction of sp³-hybridized carbons (Fsp3) is 0.389. The number of quaternary nitrogens is 1. The second-order valence-corrected chi connectivity index (χ2v) is 6.62. The zero-order valence-electron chi connectivity index (χ0n) is 14.4. The summed E-state index contributed by atoms with van der Waals surface area (Å²) in [6.45, 7) is 5.10. The zero-order chi connectivity index (χ0) is 17.9. The summed E-state index contributed by atoms with van der Waals surface area (Å²) in [5.74, 6) is 1.88. The average Bonchev–Trinajstić information content (AvgIpc) is 2.69. The van der Waals surface area contributed by atoms with Gasteiger partial charge in [0.25, 0.3) is 11.5 Å². The van der Waals surface area contributed by atoms with E-state index in [-0.39, 0.29) is 17.4 Å². The van der Waals surface area contributed by atoms with Gasteiger partial charge in [0, 0.05) is 23.8 Å². The molecular weight excluding hydrogens is 336 g/mol. The Kier molecular flexibility index (Phi) is 4.68. The second kappa shape index (κ2) is 7.27. The number of non-ortho nitro benzene ring substituents is 1. The minimum atomic E-state index is -0.350. The van der Waals surface area contributed by atoms with Gasteiger partial charge in [-0.05, 0) is 6.07 Å². The Balaban J connectivity index is 1.48. The summed E-state index contributed by atoms with van der Waals surface area (Å²) < 4.78 is 10.9. The molecule has 2 aliphatic heterocycles. The van der Waals surface area contributed by atoms with Crippen LogP contribution in [-0.2, 0) is 17.9 Å². The van der Waals surface area contributed by atoms with Gasteiger partial charge in [0.1, 0.15) is 38.5 Å². The van der Waals surface area contributed by atoms with Crippen LogP contribution >= 0.6 is 0 Å². The number of ether oxygens (including phenoxy) is 2. The summed E-state index contributed by atoms with van der Waals surface area (Å²) in [4.78, 5) is 17.9.